The van der Waals surface area contributed by atoms with Crippen molar-refractivity contribution < 1.29 is 0 Å². The molecule has 0 heterocycles. The van der Waals surface area contributed by atoms with E-state index in [1.54, 1.807) is 0 Å². The molecule has 0 saturated carbocycles. The van der Waals surface area contributed by atoms with Crippen LogP contribution in [0.3, 0.4) is 0 Å². The van der Waals surface area contributed by atoms with Gasteiger partial charge in [0.1, 0.15) is 0 Å². The Balaban J connectivity index is 1.78. The van der Waals surface area contributed by atoms with Gasteiger partial charge in [-0.05, 0) is 66.5 Å². The van der Waals surface area contributed by atoms with Gasteiger partial charge in [-0.1, -0.05) is 46.3 Å². The maximum atomic E-state index is 6.62. The molecule has 2 aromatic carbocycles. The Morgan fingerprint density at radius 3 is 2.60 bits per heavy atom. The van der Waals surface area contributed by atoms with E-state index in [4.69, 9.17) is 11.6 Å². The number of fused-ring (bicyclic) bond motifs is 1. The summed E-state index contributed by atoms with van der Waals surface area (Å²) in [5, 5.41) is 0.0523. The van der Waals surface area contributed by atoms with E-state index < -0.39 is 0 Å². The topological polar surface area (TPSA) is 0 Å². The molecule has 0 bridgehead atoms. The predicted molar refractivity (Wildman–Crippen MR) is 89.5 cm³/mol. The first-order chi connectivity index (χ1) is 9.72. The van der Waals surface area contributed by atoms with Crippen molar-refractivity contribution in [2.45, 2.75) is 37.5 Å². The Bertz CT molecular complexity index is 606. The molecule has 3 rings (SSSR count). The monoisotopic (exact) mass is 348 g/mol. The van der Waals surface area contributed by atoms with Crippen LogP contribution in [-0.4, -0.2) is 0 Å². The van der Waals surface area contributed by atoms with Gasteiger partial charge in [0, 0.05) is 4.47 Å². The summed E-state index contributed by atoms with van der Waals surface area (Å²) < 4.78 is 1.12. The quantitative estimate of drug-likeness (QED) is 0.610. The van der Waals surface area contributed by atoms with Gasteiger partial charge >= 0.3 is 0 Å². The van der Waals surface area contributed by atoms with Gasteiger partial charge in [-0.15, -0.1) is 11.6 Å². The summed E-state index contributed by atoms with van der Waals surface area (Å²) in [6.45, 7) is 0. The molecule has 0 fully saturated rings. The third-order valence-electron chi connectivity index (χ3n) is 4.04. The first-order valence-corrected chi connectivity index (χ1v) is 8.45. The summed E-state index contributed by atoms with van der Waals surface area (Å²) in [4.78, 5) is 0. The molecular weight excluding hydrogens is 332 g/mol. The average molecular weight is 350 g/mol. The van der Waals surface area contributed by atoms with Crippen LogP contribution in [0.1, 0.15) is 40.5 Å². The Morgan fingerprint density at radius 2 is 1.80 bits per heavy atom. The fourth-order valence-electron chi connectivity index (χ4n) is 2.94. The molecule has 1 aliphatic carbocycles. The highest BCUT2D eigenvalue weighted by atomic mass is 79.9. The molecular formula is C18H18BrCl. The van der Waals surface area contributed by atoms with E-state index in [1.807, 2.05) is 6.07 Å². The highest BCUT2D eigenvalue weighted by molar-refractivity contribution is 9.10. The van der Waals surface area contributed by atoms with E-state index in [0.29, 0.717) is 0 Å². The highest BCUT2D eigenvalue weighted by Gasteiger charge is 2.14. The number of halogens is 2. The van der Waals surface area contributed by atoms with Gasteiger partial charge in [-0.25, -0.2) is 0 Å². The lowest BCUT2D eigenvalue weighted by Gasteiger charge is -2.18. The molecule has 104 valence electrons. The van der Waals surface area contributed by atoms with Crippen molar-refractivity contribution in [1.29, 1.82) is 0 Å². The van der Waals surface area contributed by atoms with Gasteiger partial charge in [-0.3, -0.25) is 0 Å². The fourth-order valence-corrected chi connectivity index (χ4v) is 3.70. The number of rotatable bonds is 3. The summed E-state index contributed by atoms with van der Waals surface area (Å²) >= 11 is 10.1. The SMILES string of the molecule is ClC(Cc1cccc(Br)c1)c1ccc2c(c1)CCCC2. The average Bonchev–Trinajstić information content (AvgIpc) is 2.47. The minimum absolute atomic E-state index is 0.0523. The van der Waals surface area contributed by atoms with Crippen LogP contribution >= 0.6 is 27.5 Å². The zero-order valence-electron chi connectivity index (χ0n) is 11.4. The summed E-state index contributed by atoms with van der Waals surface area (Å²) in [6.07, 6.45) is 5.96. The van der Waals surface area contributed by atoms with E-state index >= 15 is 0 Å². The van der Waals surface area contributed by atoms with Crippen LogP contribution in [0.4, 0.5) is 0 Å². The van der Waals surface area contributed by atoms with Crippen LogP contribution in [0.15, 0.2) is 46.9 Å². The summed E-state index contributed by atoms with van der Waals surface area (Å²) in [7, 11) is 0. The molecule has 20 heavy (non-hydrogen) atoms. The van der Waals surface area contributed by atoms with E-state index in [0.717, 1.165) is 10.9 Å². The summed E-state index contributed by atoms with van der Waals surface area (Å²) in [6, 6.07) is 15.2. The number of benzene rings is 2. The van der Waals surface area contributed by atoms with Crippen molar-refractivity contribution >= 4 is 27.5 Å². The first-order valence-electron chi connectivity index (χ1n) is 7.22. The van der Waals surface area contributed by atoms with Gasteiger partial charge in [0.15, 0.2) is 0 Å². The maximum absolute atomic E-state index is 6.62. The van der Waals surface area contributed by atoms with Gasteiger partial charge in [0.2, 0.25) is 0 Å². The van der Waals surface area contributed by atoms with E-state index in [2.05, 4.69) is 52.3 Å². The molecule has 0 N–H and O–H groups in total. The third kappa shape index (κ3) is 3.27. The fraction of sp³-hybridized carbons (Fsp3) is 0.333. The van der Waals surface area contributed by atoms with Gasteiger partial charge < -0.3 is 0 Å². The van der Waals surface area contributed by atoms with E-state index in [1.165, 1.54) is 47.9 Å². The number of aryl methyl sites for hydroxylation is 2. The largest absolute Gasteiger partial charge is 0.117 e. The molecule has 2 aromatic rings. The van der Waals surface area contributed by atoms with Gasteiger partial charge in [-0.2, -0.15) is 0 Å². The zero-order chi connectivity index (χ0) is 13.9. The second kappa shape index (κ2) is 6.32. The van der Waals surface area contributed by atoms with Crippen molar-refractivity contribution in [3.05, 3.63) is 69.2 Å². The Kier molecular flexibility index (Phi) is 4.48. The normalized spacial score (nSPS) is 15.7. The van der Waals surface area contributed by atoms with Crippen LogP contribution in [0.25, 0.3) is 0 Å². The maximum Gasteiger partial charge on any atom is 0.0625 e. The molecule has 0 aromatic heterocycles. The third-order valence-corrected chi connectivity index (χ3v) is 4.94. The molecule has 0 amide bonds. The number of hydrogen-bond acceptors (Lipinski definition) is 0. The molecule has 0 spiro atoms. The van der Waals surface area contributed by atoms with Crippen molar-refractivity contribution in [3.8, 4) is 0 Å². The Morgan fingerprint density at radius 1 is 1.00 bits per heavy atom. The second-order valence-corrected chi connectivity index (χ2v) is 6.98. The molecule has 1 aliphatic rings. The minimum atomic E-state index is 0.0523. The number of alkyl halides is 1. The van der Waals surface area contributed by atoms with Crippen LogP contribution in [0.2, 0.25) is 0 Å². The van der Waals surface area contributed by atoms with Crippen LogP contribution in [0, 0.1) is 0 Å². The smallest absolute Gasteiger partial charge is 0.0625 e. The molecule has 0 radical (unpaired) electrons. The minimum Gasteiger partial charge on any atom is -0.117 e. The lowest BCUT2D eigenvalue weighted by Crippen LogP contribution is -2.04. The van der Waals surface area contributed by atoms with Crippen LogP contribution in [0.5, 0.6) is 0 Å². The van der Waals surface area contributed by atoms with Crippen LogP contribution < -0.4 is 0 Å². The molecule has 2 heteroatoms. The molecule has 0 aliphatic heterocycles. The van der Waals surface area contributed by atoms with E-state index in [9.17, 15) is 0 Å². The zero-order valence-corrected chi connectivity index (χ0v) is 13.8. The summed E-state index contributed by atoms with van der Waals surface area (Å²) in [5.41, 5.74) is 5.56. The first kappa shape index (κ1) is 14.2. The molecule has 1 unspecified atom stereocenters. The van der Waals surface area contributed by atoms with Crippen molar-refractivity contribution in [2.75, 3.05) is 0 Å². The highest BCUT2D eigenvalue weighted by Crippen LogP contribution is 2.30. The predicted octanol–water partition coefficient (Wildman–Crippen LogP) is 5.85. The molecule has 0 nitrogen and oxygen atoms in total. The van der Waals surface area contributed by atoms with E-state index in [-0.39, 0.29) is 5.38 Å². The Labute approximate surface area is 134 Å². The molecule has 1 atom stereocenters. The van der Waals surface area contributed by atoms with Gasteiger partial charge in [0.05, 0.1) is 5.38 Å². The molecule has 0 saturated heterocycles. The second-order valence-electron chi connectivity index (χ2n) is 5.54. The lowest BCUT2D eigenvalue weighted by atomic mass is 9.89. The van der Waals surface area contributed by atoms with Crippen molar-refractivity contribution in [3.63, 3.8) is 0 Å². The summed E-state index contributed by atoms with van der Waals surface area (Å²) in [5.74, 6) is 0. The van der Waals surface area contributed by atoms with Crippen LogP contribution in [-0.2, 0) is 19.3 Å². The van der Waals surface area contributed by atoms with Crippen molar-refractivity contribution in [1.82, 2.24) is 0 Å². The number of hydrogen-bond donors (Lipinski definition) is 0. The van der Waals surface area contributed by atoms with Crippen molar-refractivity contribution in [2.24, 2.45) is 0 Å². The standard InChI is InChI=1S/C18H18BrCl/c19-17-7-3-4-13(10-17)11-18(20)16-9-8-14-5-1-2-6-15(14)12-16/h3-4,7-10,12,18H,1-2,5-6,11H2. The lowest BCUT2D eigenvalue weighted by molar-refractivity contribution is 0.683. The Hall–Kier alpha value is -0.790. The van der Waals surface area contributed by atoms with Gasteiger partial charge in [0.25, 0.3) is 0 Å².